The molecule has 5 aromatic rings. The molecule has 32 heavy (non-hydrogen) atoms. The topological polar surface area (TPSA) is 73.8 Å². The third-order valence-electron chi connectivity index (χ3n) is 4.87. The van der Waals surface area contributed by atoms with E-state index in [1.54, 1.807) is 16.7 Å². The van der Waals surface area contributed by atoms with Crippen LogP contribution in [0.1, 0.15) is 12.8 Å². The second-order valence-electron chi connectivity index (χ2n) is 6.94. The van der Waals surface area contributed by atoms with Crippen LogP contribution in [-0.4, -0.2) is 19.7 Å². The minimum absolute atomic E-state index is 0.0512. The quantitative estimate of drug-likeness (QED) is 0.240. The van der Waals surface area contributed by atoms with Crippen molar-refractivity contribution in [3.05, 3.63) is 82.7 Å². The molecular weight excluding hydrogens is 447 g/mol. The average molecular weight is 465 g/mol. The maximum atomic E-state index is 13.1. The Kier molecular flexibility index (Phi) is 5.59. The number of rotatable bonds is 6. The van der Waals surface area contributed by atoms with Gasteiger partial charge < -0.3 is 4.52 Å². The number of hydrogen-bond acceptors (Lipinski definition) is 7. The number of fused-ring (bicyclic) bond motifs is 1. The number of halogens is 1. The number of hydrogen-bond donors (Lipinski definition) is 0. The number of nitrogens with zero attached hydrogens (tertiary/aromatic N) is 4. The van der Waals surface area contributed by atoms with Gasteiger partial charge in [-0.25, -0.2) is 9.37 Å². The van der Waals surface area contributed by atoms with Crippen molar-refractivity contribution < 1.29 is 8.91 Å². The van der Waals surface area contributed by atoms with Gasteiger partial charge in [0.15, 0.2) is 5.16 Å². The molecule has 6 nitrogen and oxygen atoms in total. The number of benzene rings is 2. The van der Waals surface area contributed by atoms with Crippen molar-refractivity contribution in [2.75, 3.05) is 0 Å². The van der Waals surface area contributed by atoms with Crippen LogP contribution in [0.2, 0.25) is 0 Å². The summed E-state index contributed by atoms with van der Waals surface area (Å²) >= 11 is 2.83. The lowest BCUT2D eigenvalue weighted by molar-refractivity contribution is 0.391. The maximum absolute atomic E-state index is 13.1. The lowest BCUT2D eigenvalue weighted by atomic mass is 10.2. The van der Waals surface area contributed by atoms with Crippen LogP contribution in [0, 0.1) is 5.82 Å². The smallest absolute Gasteiger partial charge is 0.272 e. The molecule has 0 spiro atoms. The van der Waals surface area contributed by atoms with Crippen molar-refractivity contribution in [3.8, 4) is 21.8 Å². The van der Waals surface area contributed by atoms with Gasteiger partial charge in [0, 0.05) is 17.0 Å². The van der Waals surface area contributed by atoms with E-state index in [1.807, 2.05) is 43.3 Å². The first-order valence-electron chi connectivity index (χ1n) is 9.93. The SMILES string of the molecule is CCn1c(SCc2nc(-c3ccc(F)cc3)no2)nc2cc(-c3ccccc3)sc2c1=O. The highest BCUT2D eigenvalue weighted by atomic mass is 32.2. The molecule has 0 aliphatic rings. The van der Waals surface area contributed by atoms with Gasteiger partial charge in [0.25, 0.3) is 5.56 Å². The maximum Gasteiger partial charge on any atom is 0.272 e. The molecule has 0 unspecified atom stereocenters. The lowest BCUT2D eigenvalue weighted by Crippen LogP contribution is -2.21. The van der Waals surface area contributed by atoms with E-state index in [4.69, 9.17) is 9.51 Å². The van der Waals surface area contributed by atoms with Crippen molar-refractivity contribution in [3.63, 3.8) is 0 Å². The molecule has 0 saturated heterocycles. The monoisotopic (exact) mass is 464 g/mol. The molecule has 0 aliphatic carbocycles. The summed E-state index contributed by atoms with van der Waals surface area (Å²) in [6.45, 7) is 2.43. The van der Waals surface area contributed by atoms with Gasteiger partial charge in [-0.2, -0.15) is 4.98 Å². The summed E-state index contributed by atoms with van der Waals surface area (Å²) in [5.41, 5.74) is 2.36. The Morgan fingerprint density at radius 1 is 1.06 bits per heavy atom. The van der Waals surface area contributed by atoms with Gasteiger partial charge in [0.1, 0.15) is 10.5 Å². The molecule has 0 N–H and O–H groups in total. The molecule has 0 atom stereocenters. The molecule has 0 fully saturated rings. The Morgan fingerprint density at radius 3 is 2.59 bits per heavy atom. The Morgan fingerprint density at radius 2 is 1.84 bits per heavy atom. The summed E-state index contributed by atoms with van der Waals surface area (Å²) in [6.07, 6.45) is 0. The first-order valence-corrected chi connectivity index (χ1v) is 11.7. The number of thioether (sulfide) groups is 1. The van der Waals surface area contributed by atoms with E-state index >= 15 is 0 Å². The highest BCUT2D eigenvalue weighted by Gasteiger charge is 2.16. The highest BCUT2D eigenvalue weighted by Crippen LogP contribution is 2.32. The van der Waals surface area contributed by atoms with Gasteiger partial charge in [-0.05, 0) is 42.8 Å². The number of aromatic nitrogens is 4. The fraction of sp³-hybridized carbons (Fsp3) is 0.130. The first kappa shape index (κ1) is 20.6. The van der Waals surface area contributed by atoms with Crippen LogP contribution in [-0.2, 0) is 12.3 Å². The number of thiophene rings is 1. The molecule has 0 amide bonds. The van der Waals surface area contributed by atoms with E-state index in [-0.39, 0.29) is 11.4 Å². The van der Waals surface area contributed by atoms with Crippen molar-refractivity contribution in [1.29, 1.82) is 0 Å². The predicted molar refractivity (Wildman–Crippen MR) is 124 cm³/mol. The predicted octanol–water partition coefficient (Wildman–Crippen LogP) is 5.63. The van der Waals surface area contributed by atoms with E-state index in [0.29, 0.717) is 44.9 Å². The van der Waals surface area contributed by atoms with Crippen LogP contribution in [0.5, 0.6) is 0 Å². The summed E-state index contributed by atoms with van der Waals surface area (Å²) in [5, 5.41) is 4.57. The molecule has 9 heteroatoms. The van der Waals surface area contributed by atoms with Gasteiger partial charge in [0.05, 0.1) is 11.3 Å². The van der Waals surface area contributed by atoms with Crippen LogP contribution in [0.3, 0.4) is 0 Å². The van der Waals surface area contributed by atoms with Crippen molar-refractivity contribution in [2.45, 2.75) is 24.4 Å². The summed E-state index contributed by atoms with van der Waals surface area (Å²) < 4.78 is 20.8. The molecular formula is C23H17FN4O2S2. The third-order valence-corrected chi connectivity index (χ3v) is 6.99. The van der Waals surface area contributed by atoms with Crippen LogP contribution in [0.4, 0.5) is 4.39 Å². The largest absolute Gasteiger partial charge is 0.338 e. The normalized spacial score (nSPS) is 11.3. The van der Waals surface area contributed by atoms with E-state index in [0.717, 1.165) is 10.4 Å². The molecule has 5 rings (SSSR count). The second kappa shape index (κ2) is 8.68. The lowest BCUT2D eigenvalue weighted by Gasteiger charge is -2.08. The Hall–Kier alpha value is -3.30. The Labute approximate surface area is 190 Å². The Bertz CT molecular complexity index is 1440. The van der Waals surface area contributed by atoms with E-state index in [1.165, 1.54) is 35.2 Å². The standard InChI is InChI=1S/C23H17FN4O2S2/c1-2-28-22(29)20-17(12-18(32-20)14-6-4-3-5-7-14)25-23(28)31-13-19-26-21(27-30-19)15-8-10-16(24)11-9-15/h3-12H,2,13H2,1H3. The van der Waals surface area contributed by atoms with E-state index in [2.05, 4.69) is 10.1 Å². The zero-order valence-corrected chi connectivity index (χ0v) is 18.6. The fourth-order valence-corrected chi connectivity index (χ4v) is 5.23. The molecule has 0 aliphatic heterocycles. The summed E-state index contributed by atoms with van der Waals surface area (Å²) in [4.78, 5) is 23.2. The summed E-state index contributed by atoms with van der Waals surface area (Å²) in [7, 11) is 0. The van der Waals surface area contributed by atoms with Crippen LogP contribution in [0.25, 0.3) is 32.0 Å². The molecule has 3 aromatic heterocycles. The minimum Gasteiger partial charge on any atom is -0.338 e. The van der Waals surface area contributed by atoms with Crippen molar-refractivity contribution in [2.24, 2.45) is 0 Å². The van der Waals surface area contributed by atoms with Crippen LogP contribution in [0.15, 0.2) is 75.1 Å². The highest BCUT2D eigenvalue weighted by molar-refractivity contribution is 7.98. The summed E-state index contributed by atoms with van der Waals surface area (Å²) in [5.74, 6) is 0.835. The summed E-state index contributed by atoms with van der Waals surface area (Å²) in [6, 6.07) is 17.8. The second-order valence-corrected chi connectivity index (χ2v) is 8.94. The molecule has 2 aromatic carbocycles. The van der Waals surface area contributed by atoms with Gasteiger partial charge in [-0.15, -0.1) is 11.3 Å². The molecule has 0 bridgehead atoms. The molecule has 0 radical (unpaired) electrons. The van der Waals surface area contributed by atoms with E-state index in [9.17, 15) is 9.18 Å². The molecule has 3 heterocycles. The zero-order valence-electron chi connectivity index (χ0n) is 17.0. The average Bonchev–Trinajstić information content (AvgIpc) is 3.46. The minimum atomic E-state index is -0.323. The first-order chi connectivity index (χ1) is 15.6. The van der Waals surface area contributed by atoms with Crippen molar-refractivity contribution in [1.82, 2.24) is 19.7 Å². The van der Waals surface area contributed by atoms with Gasteiger partial charge >= 0.3 is 0 Å². The van der Waals surface area contributed by atoms with Gasteiger partial charge in [0.2, 0.25) is 11.7 Å². The fourth-order valence-electron chi connectivity index (χ4n) is 3.28. The van der Waals surface area contributed by atoms with Crippen LogP contribution >= 0.6 is 23.1 Å². The van der Waals surface area contributed by atoms with Gasteiger partial charge in [-0.3, -0.25) is 9.36 Å². The Balaban J connectivity index is 1.43. The zero-order chi connectivity index (χ0) is 22.1. The van der Waals surface area contributed by atoms with Crippen molar-refractivity contribution >= 4 is 33.3 Å². The molecule has 0 saturated carbocycles. The van der Waals surface area contributed by atoms with Crippen LogP contribution < -0.4 is 5.56 Å². The van der Waals surface area contributed by atoms with Gasteiger partial charge in [-0.1, -0.05) is 47.3 Å². The third kappa shape index (κ3) is 3.96. The van der Waals surface area contributed by atoms with E-state index < -0.39 is 0 Å². The molecule has 160 valence electrons.